The zero-order valence-corrected chi connectivity index (χ0v) is 13.7. The number of esters is 2. The van der Waals surface area contributed by atoms with Crippen molar-refractivity contribution in [3.05, 3.63) is 29.0 Å². The first-order valence-electron chi connectivity index (χ1n) is 6.12. The lowest BCUT2D eigenvalue weighted by molar-refractivity contribution is -0.214. The predicted octanol–water partition coefficient (Wildman–Crippen LogP) is 4.03. The Morgan fingerprint density at radius 2 is 1.83 bits per heavy atom. The second kappa shape index (κ2) is 8.49. The Balaban J connectivity index is 2.52. The zero-order chi connectivity index (χ0) is 17.6. The summed E-state index contributed by atoms with van der Waals surface area (Å²) in [6.45, 7) is 0. The van der Waals surface area contributed by atoms with Crippen molar-refractivity contribution >= 4 is 39.5 Å². The Bertz CT molecular complexity index is 559. The van der Waals surface area contributed by atoms with Gasteiger partial charge in [0.15, 0.2) is 11.6 Å². The van der Waals surface area contributed by atoms with E-state index in [2.05, 4.69) is 25.4 Å². The quantitative estimate of drug-likeness (QED) is 0.301. The van der Waals surface area contributed by atoms with Gasteiger partial charge in [0.1, 0.15) is 0 Å². The van der Waals surface area contributed by atoms with E-state index >= 15 is 0 Å². The van der Waals surface area contributed by atoms with E-state index in [9.17, 15) is 27.2 Å². The number of carbonyl (C=O) groups excluding carboxylic acids is 2. The van der Waals surface area contributed by atoms with Crippen molar-refractivity contribution in [2.75, 3.05) is 5.33 Å². The molecule has 1 unspecified atom stereocenters. The van der Waals surface area contributed by atoms with Gasteiger partial charge in [-0.3, -0.25) is 9.59 Å². The van der Waals surface area contributed by atoms with Gasteiger partial charge in [0.25, 0.3) is 0 Å². The molecule has 128 valence electrons. The maximum atomic E-state index is 13.4. The average molecular weight is 422 g/mol. The van der Waals surface area contributed by atoms with Gasteiger partial charge in [-0.2, -0.15) is 13.2 Å². The Morgan fingerprint density at radius 3 is 2.35 bits per heavy atom. The van der Waals surface area contributed by atoms with Crippen molar-refractivity contribution < 1.29 is 36.6 Å². The molecule has 0 radical (unpaired) electrons. The standard InChI is InChI=1S/C13H10BrClF4O4/c14-6-9(13(17,18)19)22-10(20)4-5-11(21)23-12-7(15)2-1-3-8(12)16/h1-3,9H,4-6H2. The van der Waals surface area contributed by atoms with Gasteiger partial charge in [-0.1, -0.05) is 33.6 Å². The van der Waals surface area contributed by atoms with Crippen LogP contribution in [-0.2, 0) is 14.3 Å². The Labute approximate surface area is 141 Å². The Kier molecular flexibility index (Phi) is 7.27. The highest BCUT2D eigenvalue weighted by atomic mass is 79.9. The lowest BCUT2D eigenvalue weighted by Crippen LogP contribution is -2.35. The molecule has 0 saturated carbocycles. The lowest BCUT2D eigenvalue weighted by atomic mass is 10.3. The molecule has 0 N–H and O–H groups in total. The van der Waals surface area contributed by atoms with E-state index in [1.807, 2.05) is 0 Å². The van der Waals surface area contributed by atoms with Crippen LogP contribution in [0.4, 0.5) is 17.6 Å². The molecule has 0 bridgehead atoms. The number of ether oxygens (including phenoxy) is 2. The second-order valence-electron chi connectivity index (χ2n) is 4.20. The monoisotopic (exact) mass is 420 g/mol. The molecule has 1 aromatic carbocycles. The number of halogens is 6. The molecule has 0 spiro atoms. The van der Waals surface area contributed by atoms with Crippen LogP contribution in [0.1, 0.15) is 12.8 Å². The second-order valence-corrected chi connectivity index (χ2v) is 5.25. The van der Waals surface area contributed by atoms with Crippen LogP contribution < -0.4 is 4.74 Å². The van der Waals surface area contributed by atoms with E-state index in [1.54, 1.807) is 0 Å². The van der Waals surface area contributed by atoms with Crippen LogP contribution in [-0.4, -0.2) is 29.5 Å². The molecule has 0 aliphatic heterocycles. The third kappa shape index (κ3) is 6.34. The van der Waals surface area contributed by atoms with Gasteiger partial charge in [-0.05, 0) is 12.1 Å². The topological polar surface area (TPSA) is 52.6 Å². The summed E-state index contributed by atoms with van der Waals surface area (Å²) in [5.74, 6) is -3.66. The molecule has 0 aliphatic carbocycles. The van der Waals surface area contributed by atoms with Gasteiger partial charge in [-0.15, -0.1) is 0 Å². The molecule has 0 aliphatic rings. The summed E-state index contributed by atoms with van der Waals surface area (Å²) >= 11 is 8.21. The summed E-state index contributed by atoms with van der Waals surface area (Å²) in [7, 11) is 0. The Hall–Kier alpha value is -1.35. The van der Waals surface area contributed by atoms with Crippen LogP contribution in [0.5, 0.6) is 5.75 Å². The number of hydrogen-bond acceptors (Lipinski definition) is 4. The summed E-state index contributed by atoms with van der Waals surface area (Å²) in [5.41, 5.74) is 0. The minimum Gasteiger partial charge on any atom is -0.452 e. The number of alkyl halides is 4. The smallest absolute Gasteiger partial charge is 0.426 e. The lowest BCUT2D eigenvalue weighted by Gasteiger charge is -2.18. The fourth-order valence-electron chi connectivity index (χ4n) is 1.35. The maximum absolute atomic E-state index is 13.4. The van der Waals surface area contributed by atoms with E-state index in [0.29, 0.717) is 0 Å². The van der Waals surface area contributed by atoms with Crippen molar-refractivity contribution in [1.82, 2.24) is 0 Å². The first-order chi connectivity index (χ1) is 10.6. The van der Waals surface area contributed by atoms with Gasteiger partial charge in [0.2, 0.25) is 6.10 Å². The van der Waals surface area contributed by atoms with E-state index in [0.717, 1.165) is 6.07 Å². The van der Waals surface area contributed by atoms with Crippen LogP contribution in [0, 0.1) is 5.82 Å². The van der Waals surface area contributed by atoms with Crippen molar-refractivity contribution in [1.29, 1.82) is 0 Å². The highest BCUT2D eigenvalue weighted by molar-refractivity contribution is 9.09. The highest BCUT2D eigenvalue weighted by Gasteiger charge is 2.42. The van der Waals surface area contributed by atoms with Crippen molar-refractivity contribution in [2.45, 2.75) is 25.1 Å². The van der Waals surface area contributed by atoms with Gasteiger partial charge in [0, 0.05) is 5.33 Å². The molecule has 0 heterocycles. The van der Waals surface area contributed by atoms with Crippen LogP contribution in [0.25, 0.3) is 0 Å². The van der Waals surface area contributed by atoms with Crippen molar-refractivity contribution in [3.8, 4) is 5.75 Å². The van der Waals surface area contributed by atoms with Crippen molar-refractivity contribution in [3.63, 3.8) is 0 Å². The third-order valence-corrected chi connectivity index (χ3v) is 3.33. The number of hydrogen-bond donors (Lipinski definition) is 0. The molecule has 1 aromatic rings. The Morgan fingerprint density at radius 1 is 1.22 bits per heavy atom. The molecule has 23 heavy (non-hydrogen) atoms. The molecule has 0 amide bonds. The number of para-hydroxylation sites is 1. The number of benzene rings is 1. The van der Waals surface area contributed by atoms with Crippen LogP contribution in [0.2, 0.25) is 5.02 Å². The molecule has 1 atom stereocenters. The predicted molar refractivity (Wildman–Crippen MR) is 76.0 cm³/mol. The molecular formula is C13H10BrClF4O4. The minimum atomic E-state index is -4.72. The minimum absolute atomic E-state index is 0.155. The van der Waals surface area contributed by atoms with Crippen LogP contribution >= 0.6 is 27.5 Å². The van der Waals surface area contributed by atoms with Gasteiger partial charge >= 0.3 is 18.1 Å². The molecule has 0 saturated heterocycles. The van der Waals surface area contributed by atoms with Gasteiger partial charge < -0.3 is 9.47 Å². The fraction of sp³-hybridized carbons (Fsp3) is 0.385. The average Bonchev–Trinajstić information content (AvgIpc) is 2.45. The van der Waals surface area contributed by atoms with E-state index in [-0.39, 0.29) is 5.02 Å². The van der Waals surface area contributed by atoms with Gasteiger partial charge in [-0.25, -0.2) is 4.39 Å². The first-order valence-corrected chi connectivity index (χ1v) is 7.62. The van der Waals surface area contributed by atoms with Crippen molar-refractivity contribution in [2.24, 2.45) is 0 Å². The van der Waals surface area contributed by atoms with Crippen LogP contribution in [0.3, 0.4) is 0 Å². The fourth-order valence-corrected chi connectivity index (χ4v) is 2.05. The number of carbonyl (C=O) groups is 2. The molecule has 0 aromatic heterocycles. The van der Waals surface area contributed by atoms with Crippen LogP contribution in [0.15, 0.2) is 18.2 Å². The molecule has 4 nitrogen and oxygen atoms in total. The summed E-state index contributed by atoms with van der Waals surface area (Å²) in [5, 5.41) is -0.783. The normalized spacial score (nSPS) is 12.6. The zero-order valence-electron chi connectivity index (χ0n) is 11.3. The number of rotatable bonds is 6. The van der Waals surface area contributed by atoms with E-state index in [4.69, 9.17) is 11.6 Å². The SMILES string of the molecule is O=C(CCC(=O)OC(CBr)C(F)(F)F)Oc1c(F)cccc1Cl. The molecule has 10 heteroatoms. The molecular weight excluding hydrogens is 411 g/mol. The molecule has 0 fully saturated rings. The summed E-state index contributed by atoms with van der Waals surface area (Å²) in [4.78, 5) is 22.8. The largest absolute Gasteiger partial charge is 0.452 e. The summed E-state index contributed by atoms with van der Waals surface area (Å²) in [6, 6.07) is 3.59. The van der Waals surface area contributed by atoms with Gasteiger partial charge in [0.05, 0.1) is 17.9 Å². The summed E-state index contributed by atoms with van der Waals surface area (Å²) in [6.07, 6.45) is -8.27. The maximum Gasteiger partial charge on any atom is 0.426 e. The third-order valence-electron chi connectivity index (χ3n) is 2.45. The van der Waals surface area contributed by atoms with E-state index in [1.165, 1.54) is 12.1 Å². The summed E-state index contributed by atoms with van der Waals surface area (Å²) < 4.78 is 59.4. The first kappa shape index (κ1) is 19.7. The highest BCUT2D eigenvalue weighted by Crippen LogP contribution is 2.28. The molecule has 1 rings (SSSR count). The van der Waals surface area contributed by atoms with E-state index < -0.39 is 54.0 Å².